The molecule has 0 aromatic carbocycles. The fourth-order valence-corrected chi connectivity index (χ4v) is 3.23. The van der Waals surface area contributed by atoms with Crippen LogP contribution in [0.4, 0.5) is 26.3 Å². The molecule has 0 rings (SSSR count). The van der Waals surface area contributed by atoms with Crippen LogP contribution in [0.25, 0.3) is 0 Å². The average Bonchev–Trinajstić information content (AvgIpc) is 2.32. The van der Waals surface area contributed by atoms with Crippen LogP contribution >= 0.6 is 0 Å². The molecule has 2 unspecified atom stereocenters. The Morgan fingerprint density at radius 3 is 1.40 bits per heavy atom. The topological polar surface area (TPSA) is 20.2 Å². The Morgan fingerprint density at radius 2 is 1.12 bits per heavy atom. The molecule has 0 aliphatic carbocycles. The summed E-state index contributed by atoms with van der Waals surface area (Å²) in [4.78, 5) is 0. The molecule has 0 saturated carbocycles. The van der Waals surface area contributed by atoms with Gasteiger partial charge in [-0.25, -0.2) is 0 Å². The fourth-order valence-electron chi connectivity index (χ4n) is 3.23. The first-order valence-electron chi connectivity index (χ1n) is 8.61. The summed E-state index contributed by atoms with van der Waals surface area (Å²) < 4.78 is 76.1. The van der Waals surface area contributed by atoms with Crippen LogP contribution in [0.3, 0.4) is 0 Å². The van der Waals surface area contributed by atoms with E-state index in [1.54, 1.807) is 0 Å². The molecule has 0 bridgehead atoms. The minimum atomic E-state index is -5.73. The Kier molecular flexibility index (Phi) is 7.51. The average molecular weight is 378 g/mol. The largest absolute Gasteiger partial charge is 0.426 e. The van der Waals surface area contributed by atoms with Gasteiger partial charge >= 0.3 is 12.4 Å². The smallest absolute Gasteiger partial charge is 0.374 e. The van der Waals surface area contributed by atoms with E-state index in [9.17, 15) is 31.4 Å². The van der Waals surface area contributed by atoms with E-state index in [2.05, 4.69) is 27.7 Å². The summed E-state index contributed by atoms with van der Waals surface area (Å²) >= 11 is 0. The Labute approximate surface area is 147 Å². The molecular formula is C18H32F6O. The molecule has 25 heavy (non-hydrogen) atoms. The SMILES string of the molecule is CC(C(CCCCC(O)(C(F)(F)F)C(F)(F)F)C(C)(C)C)C(C)(C)C. The van der Waals surface area contributed by atoms with E-state index in [4.69, 9.17) is 0 Å². The van der Waals surface area contributed by atoms with Crippen molar-refractivity contribution in [1.82, 2.24) is 0 Å². The van der Waals surface area contributed by atoms with Crippen molar-refractivity contribution in [3.05, 3.63) is 0 Å². The van der Waals surface area contributed by atoms with Gasteiger partial charge < -0.3 is 5.11 Å². The van der Waals surface area contributed by atoms with Gasteiger partial charge in [-0.1, -0.05) is 54.9 Å². The van der Waals surface area contributed by atoms with Crippen molar-refractivity contribution >= 4 is 0 Å². The van der Waals surface area contributed by atoms with E-state index in [-0.39, 0.29) is 35.5 Å². The molecule has 0 amide bonds. The molecule has 0 radical (unpaired) electrons. The number of hydrogen-bond donors (Lipinski definition) is 1. The Morgan fingerprint density at radius 1 is 0.720 bits per heavy atom. The van der Waals surface area contributed by atoms with Gasteiger partial charge in [-0.15, -0.1) is 0 Å². The van der Waals surface area contributed by atoms with Gasteiger partial charge in [0.1, 0.15) is 0 Å². The molecular weight excluding hydrogens is 346 g/mol. The van der Waals surface area contributed by atoms with Gasteiger partial charge in [-0.2, -0.15) is 26.3 Å². The number of halogens is 6. The van der Waals surface area contributed by atoms with Crippen LogP contribution in [-0.4, -0.2) is 23.1 Å². The summed E-state index contributed by atoms with van der Waals surface area (Å²) in [5, 5.41) is 9.20. The minimum absolute atomic E-state index is 0.0172. The highest BCUT2D eigenvalue weighted by Gasteiger charge is 2.69. The summed E-state index contributed by atoms with van der Waals surface area (Å²) in [6.45, 7) is 14.4. The molecule has 0 aliphatic rings. The lowest BCUT2D eigenvalue weighted by molar-refractivity contribution is -0.370. The number of hydrogen-bond acceptors (Lipinski definition) is 1. The maximum atomic E-state index is 12.7. The highest BCUT2D eigenvalue weighted by molar-refractivity contribution is 4.94. The quantitative estimate of drug-likeness (QED) is 0.400. The van der Waals surface area contributed by atoms with Crippen LogP contribution in [0.2, 0.25) is 0 Å². The number of alkyl halides is 6. The summed E-state index contributed by atoms with van der Waals surface area (Å²) in [7, 11) is 0. The van der Waals surface area contributed by atoms with E-state index >= 15 is 0 Å². The van der Waals surface area contributed by atoms with Crippen molar-refractivity contribution in [1.29, 1.82) is 0 Å². The Bertz CT molecular complexity index is 397. The monoisotopic (exact) mass is 378 g/mol. The van der Waals surface area contributed by atoms with Gasteiger partial charge in [0.15, 0.2) is 0 Å². The van der Waals surface area contributed by atoms with Gasteiger partial charge in [0, 0.05) is 0 Å². The Balaban J connectivity index is 5.02. The van der Waals surface area contributed by atoms with Crippen molar-refractivity contribution < 1.29 is 31.4 Å². The van der Waals surface area contributed by atoms with Crippen LogP contribution in [0.5, 0.6) is 0 Å². The van der Waals surface area contributed by atoms with E-state index in [1.807, 2.05) is 20.8 Å². The van der Waals surface area contributed by atoms with E-state index in [0.29, 0.717) is 6.42 Å². The van der Waals surface area contributed by atoms with Gasteiger partial charge in [-0.05, 0) is 41.9 Å². The number of rotatable bonds is 6. The molecule has 0 heterocycles. The maximum absolute atomic E-state index is 12.7. The molecule has 2 atom stereocenters. The summed E-state index contributed by atoms with van der Waals surface area (Å²) in [5.74, 6) is 0.397. The van der Waals surface area contributed by atoms with E-state index in [0.717, 1.165) is 0 Å². The fraction of sp³-hybridized carbons (Fsp3) is 1.00. The van der Waals surface area contributed by atoms with Crippen molar-refractivity contribution in [2.75, 3.05) is 0 Å². The lowest BCUT2D eigenvalue weighted by Gasteiger charge is -2.42. The standard InChI is InChI=1S/C18H32F6O/c1-12(14(2,3)4)13(15(5,6)7)10-8-9-11-16(25,17(19,20)21)18(22,23)24/h12-13,25H,8-11H2,1-7H3. The third-order valence-corrected chi connectivity index (χ3v) is 5.32. The van der Waals surface area contributed by atoms with Gasteiger partial charge in [0.25, 0.3) is 5.60 Å². The van der Waals surface area contributed by atoms with Gasteiger partial charge in [-0.3, -0.25) is 0 Å². The molecule has 0 aromatic heterocycles. The summed E-state index contributed by atoms with van der Waals surface area (Å²) in [5.41, 5.74) is -4.76. The first kappa shape index (κ1) is 24.5. The third kappa shape index (κ3) is 6.33. The first-order valence-corrected chi connectivity index (χ1v) is 8.61. The summed E-state index contributed by atoms with van der Waals surface area (Å²) in [6.07, 6.45) is -12.4. The zero-order valence-corrected chi connectivity index (χ0v) is 16.2. The second-order valence-corrected chi connectivity index (χ2v) is 9.23. The molecule has 1 nitrogen and oxygen atoms in total. The highest BCUT2D eigenvalue weighted by Crippen LogP contribution is 2.47. The lowest BCUT2D eigenvalue weighted by atomic mass is 9.63. The van der Waals surface area contributed by atoms with Crippen molar-refractivity contribution in [2.45, 2.75) is 92.1 Å². The van der Waals surface area contributed by atoms with Crippen LogP contribution < -0.4 is 0 Å². The molecule has 152 valence electrons. The van der Waals surface area contributed by atoms with Crippen molar-refractivity contribution in [3.63, 3.8) is 0 Å². The molecule has 0 spiro atoms. The van der Waals surface area contributed by atoms with Crippen LogP contribution in [0, 0.1) is 22.7 Å². The number of unbranched alkanes of at least 4 members (excludes halogenated alkanes) is 1. The zero-order valence-electron chi connectivity index (χ0n) is 16.2. The Hall–Kier alpha value is -0.460. The van der Waals surface area contributed by atoms with Gasteiger partial charge in [0.2, 0.25) is 0 Å². The molecule has 7 heteroatoms. The third-order valence-electron chi connectivity index (χ3n) is 5.32. The van der Waals surface area contributed by atoms with E-state index in [1.165, 1.54) is 0 Å². The van der Waals surface area contributed by atoms with Crippen molar-refractivity contribution in [2.24, 2.45) is 22.7 Å². The second kappa shape index (κ2) is 7.65. The van der Waals surface area contributed by atoms with Crippen LogP contribution in [0.1, 0.15) is 74.1 Å². The maximum Gasteiger partial charge on any atom is 0.426 e. The second-order valence-electron chi connectivity index (χ2n) is 9.23. The minimum Gasteiger partial charge on any atom is -0.374 e. The van der Waals surface area contributed by atoms with Crippen LogP contribution in [0.15, 0.2) is 0 Å². The predicted octanol–water partition coefficient (Wildman–Crippen LogP) is 6.75. The predicted molar refractivity (Wildman–Crippen MR) is 87.1 cm³/mol. The molecule has 0 saturated heterocycles. The molecule has 1 N–H and O–H groups in total. The summed E-state index contributed by atoms with van der Waals surface area (Å²) in [6, 6.07) is 0. The van der Waals surface area contributed by atoms with Gasteiger partial charge in [0.05, 0.1) is 0 Å². The molecule has 0 fully saturated rings. The first-order chi connectivity index (χ1) is 10.7. The lowest BCUT2D eigenvalue weighted by Crippen LogP contribution is -2.56. The number of aliphatic hydroxyl groups is 1. The molecule has 0 aliphatic heterocycles. The zero-order chi connectivity index (χ0) is 20.5. The molecule has 0 aromatic rings. The van der Waals surface area contributed by atoms with E-state index < -0.39 is 24.4 Å². The normalized spacial score (nSPS) is 17.5. The van der Waals surface area contributed by atoms with Crippen molar-refractivity contribution in [3.8, 4) is 0 Å². The van der Waals surface area contributed by atoms with Crippen LogP contribution in [-0.2, 0) is 0 Å². The highest BCUT2D eigenvalue weighted by atomic mass is 19.4.